The molecule has 0 N–H and O–H groups in total. The van der Waals surface area contributed by atoms with Gasteiger partial charge in [-0.25, -0.2) is 18.6 Å². The lowest BCUT2D eigenvalue weighted by atomic mass is 9.88. The highest BCUT2D eigenvalue weighted by Gasteiger charge is 2.45. The lowest BCUT2D eigenvalue weighted by Crippen LogP contribution is -2.49. The molecular formula is C38H48F2N4O9S. The van der Waals surface area contributed by atoms with Crippen molar-refractivity contribution in [3.05, 3.63) is 77.8 Å². The van der Waals surface area contributed by atoms with Gasteiger partial charge in [-0.15, -0.1) is 0 Å². The van der Waals surface area contributed by atoms with E-state index < -0.39 is 69.5 Å². The fourth-order valence-electron chi connectivity index (χ4n) is 6.98. The Labute approximate surface area is 314 Å². The molecule has 4 atom stereocenters. The second kappa shape index (κ2) is 16.9. The zero-order valence-electron chi connectivity index (χ0n) is 31.4. The van der Waals surface area contributed by atoms with Crippen LogP contribution in [0.4, 0.5) is 13.6 Å². The van der Waals surface area contributed by atoms with Crippen LogP contribution in [0.5, 0.6) is 0 Å². The number of likely N-dealkylation sites (tertiary alicyclic amines) is 1. The molecule has 294 valence electrons. The monoisotopic (exact) mass is 774 g/mol. The van der Waals surface area contributed by atoms with Gasteiger partial charge in [-0.2, -0.15) is 8.42 Å². The van der Waals surface area contributed by atoms with Gasteiger partial charge >= 0.3 is 12.1 Å². The standard InChI is InChI=1S/C38H48F2N4O9S/c1-24(51-25(2)45)36(46)44(21-28-20-43(37(47)52-38(3,4)5)23-33(28)53-54(6,48)49)34(27-14-16-50-17-15-27)35-41-32(30-18-29(39)12-13-31(30)40)22-42(35)19-26-10-8-7-9-11-26/h7-13,18,22,24,27-28,33-34H,14-17,19-21,23H2,1-6H3/t24-,28-,33+,34+/m0/s1. The fraction of sp³-hybridized carbons (Fsp3) is 0.526. The number of benzene rings is 2. The first-order valence-electron chi connectivity index (χ1n) is 17.9. The maximum atomic E-state index is 15.3. The molecule has 2 saturated heterocycles. The topological polar surface area (TPSA) is 147 Å². The van der Waals surface area contributed by atoms with E-state index in [9.17, 15) is 27.2 Å². The van der Waals surface area contributed by atoms with Crippen LogP contribution in [-0.2, 0) is 44.6 Å². The van der Waals surface area contributed by atoms with E-state index in [0.29, 0.717) is 31.9 Å². The second-order valence-corrected chi connectivity index (χ2v) is 16.4. The van der Waals surface area contributed by atoms with Crippen molar-refractivity contribution in [1.82, 2.24) is 19.4 Å². The number of esters is 1. The van der Waals surface area contributed by atoms with E-state index in [1.807, 2.05) is 30.3 Å². The number of rotatable bonds is 12. The number of amides is 2. The first kappa shape index (κ1) is 40.8. The van der Waals surface area contributed by atoms with Crippen molar-refractivity contribution in [1.29, 1.82) is 0 Å². The molecule has 0 spiro atoms. The third kappa shape index (κ3) is 10.6. The van der Waals surface area contributed by atoms with Crippen LogP contribution in [0.25, 0.3) is 11.3 Å². The number of nitrogens with zero attached hydrogens (tertiary/aromatic N) is 4. The summed E-state index contributed by atoms with van der Waals surface area (Å²) in [4.78, 5) is 47.8. The van der Waals surface area contributed by atoms with Crippen molar-refractivity contribution in [2.24, 2.45) is 11.8 Å². The minimum Gasteiger partial charge on any atom is -0.453 e. The Morgan fingerprint density at radius 2 is 1.74 bits per heavy atom. The number of halogens is 2. The maximum absolute atomic E-state index is 15.3. The Kier molecular flexibility index (Phi) is 12.8. The van der Waals surface area contributed by atoms with Gasteiger partial charge in [-0.05, 0) is 70.2 Å². The van der Waals surface area contributed by atoms with E-state index in [-0.39, 0.29) is 43.4 Å². The average Bonchev–Trinajstić information content (AvgIpc) is 3.68. The van der Waals surface area contributed by atoms with Gasteiger partial charge in [0.15, 0.2) is 6.10 Å². The molecule has 2 aromatic carbocycles. The highest BCUT2D eigenvalue weighted by Crippen LogP contribution is 2.39. The van der Waals surface area contributed by atoms with Crippen LogP contribution in [-0.4, -0.2) is 103 Å². The summed E-state index contributed by atoms with van der Waals surface area (Å²) < 4.78 is 78.9. The van der Waals surface area contributed by atoms with E-state index in [1.165, 1.54) is 23.6 Å². The Morgan fingerprint density at radius 1 is 1.06 bits per heavy atom. The number of hydrogen-bond donors (Lipinski definition) is 0. The van der Waals surface area contributed by atoms with Crippen molar-refractivity contribution < 1.29 is 50.0 Å². The van der Waals surface area contributed by atoms with Crippen LogP contribution in [0.1, 0.15) is 64.9 Å². The van der Waals surface area contributed by atoms with Crippen molar-refractivity contribution in [3.8, 4) is 11.3 Å². The Balaban J connectivity index is 1.67. The predicted octanol–water partition coefficient (Wildman–Crippen LogP) is 5.34. The maximum Gasteiger partial charge on any atom is 0.410 e. The Bertz CT molecular complexity index is 1910. The number of aromatic nitrogens is 2. The minimum absolute atomic E-state index is 0.0282. The first-order chi connectivity index (χ1) is 25.4. The third-order valence-corrected chi connectivity index (χ3v) is 9.85. The van der Waals surface area contributed by atoms with Gasteiger partial charge in [0.2, 0.25) is 0 Å². The molecule has 2 amide bonds. The quantitative estimate of drug-likeness (QED) is 0.175. The Morgan fingerprint density at radius 3 is 2.37 bits per heavy atom. The van der Waals surface area contributed by atoms with Crippen LogP contribution in [0.2, 0.25) is 0 Å². The molecule has 0 radical (unpaired) electrons. The molecule has 16 heteroatoms. The summed E-state index contributed by atoms with van der Waals surface area (Å²) in [6.45, 7) is 8.40. The van der Waals surface area contributed by atoms with E-state index in [1.54, 1.807) is 31.5 Å². The van der Waals surface area contributed by atoms with E-state index in [0.717, 1.165) is 30.0 Å². The largest absolute Gasteiger partial charge is 0.453 e. The molecule has 3 aromatic rings. The summed E-state index contributed by atoms with van der Waals surface area (Å²) in [5.41, 5.74) is 0.0767. The highest BCUT2D eigenvalue weighted by molar-refractivity contribution is 7.86. The average molecular weight is 775 g/mol. The molecule has 0 unspecified atom stereocenters. The van der Waals surface area contributed by atoms with E-state index in [2.05, 4.69) is 0 Å². The molecule has 13 nitrogen and oxygen atoms in total. The van der Waals surface area contributed by atoms with Crippen LogP contribution < -0.4 is 0 Å². The summed E-state index contributed by atoms with van der Waals surface area (Å²) >= 11 is 0. The van der Waals surface area contributed by atoms with Gasteiger partial charge in [0.25, 0.3) is 16.0 Å². The van der Waals surface area contributed by atoms with E-state index >= 15 is 4.39 Å². The lowest BCUT2D eigenvalue weighted by Gasteiger charge is -2.41. The second-order valence-electron chi connectivity index (χ2n) is 14.8. The molecule has 0 bridgehead atoms. The number of carbonyl (C=O) groups is 3. The summed E-state index contributed by atoms with van der Waals surface area (Å²) in [5.74, 6) is -3.37. The molecule has 5 rings (SSSR count). The molecular weight excluding hydrogens is 726 g/mol. The van der Waals surface area contributed by atoms with Crippen molar-refractivity contribution in [3.63, 3.8) is 0 Å². The van der Waals surface area contributed by atoms with Crippen molar-refractivity contribution in [2.75, 3.05) is 39.1 Å². The predicted molar refractivity (Wildman–Crippen MR) is 193 cm³/mol. The molecule has 2 fully saturated rings. The molecule has 2 aliphatic rings. The van der Waals surface area contributed by atoms with Crippen LogP contribution in [0.15, 0.2) is 54.7 Å². The molecule has 2 aliphatic heterocycles. The van der Waals surface area contributed by atoms with Crippen molar-refractivity contribution >= 4 is 28.1 Å². The van der Waals surface area contributed by atoms with Gasteiger partial charge < -0.3 is 28.6 Å². The summed E-state index contributed by atoms with van der Waals surface area (Å²) in [7, 11) is -4.03. The molecule has 54 heavy (non-hydrogen) atoms. The van der Waals surface area contributed by atoms with Gasteiger partial charge in [0, 0.05) is 57.4 Å². The Hall–Kier alpha value is -4.41. The first-order valence-corrected chi connectivity index (χ1v) is 19.7. The van der Waals surface area contributed by atoms with Crippen LogP contribution in [0, 0.1) is 23.5 Å². The number of ether oxygens (including phenoxy) is 3. The van der Waals surface area contributed by atoms with E-state index in [4.69, 9.17) is 23.4 Å². The molecule has 3 heterocycles. The zero-order valence-corrected chi connectivity index (χ0v) is 32.2. The fourth-order valence-corrected chi connectivity index (χ4v) is 7.65. The lowest BCUT2D eigenvalue weighted by molar-refractivity contribution is -0.160. The molecule has 1 aromatic heterocycles. The zero-order chi connectivity index (χ0) is 39.4. The van der Waals surface area contributed by atoms with Gasteiger partial charge in [0.05, 0.1) is 24.5 Å². The van der Waals surface area contributed by atoms with Crippen LogP contribution >= 0.6 is 0 Å². The van der Waals surface area contributed by atoms with Crippen LogP contribution in [0.3, 0.4) is 0 Å². The van der Waals surface area contributed by atoms with Gasteiger partial charge in [0.1, 0.15) is 29.2 Å². The number of carbonyl (C=O) groups excluding carboxylic acids is 3. The van der Waals surface area contributed by atoms with Gasteiger partial charge in [-0.3, -0.25) is 13.8 Å². The molecule has 0 saturated carbocycles. The van der Waals surface area contributed by atoms with Gasteiger partial charge in [-0.1, -0.05) is 30.3 Å². The number of imidazole rings is 1. The molecule has 0 aliphatic carbocycles. The minimum atomic E-state index is -4.03. The summed E-state index contributed by atoms with van der Waals surface area (Å²) in [5, 5.41) is 0. The summed E-state index contributed by atoms with van der Waals surface area (Å²) in [6.07, 6.45) is 0.458. The third-order valence-electron chi connectivity index (χ3n) is 9.26. The normalized spacial score (nSPS) is 19.3. The summed E-state index contributed by atoms with van der Waals surface area (Å²) in [6, 6.07) is 11.6. The van der Waals surface area contributed by atoms with Crippen molar-refractivity contribution in [2.45, 2.75) is 77.9 Å². The number of hydrogen-bond acceptors (Lipinski definition) is 10. The smallest absolute Gasteiger partial charge is 0.410 e. The SMILES string of the molecule is CC(=O)O[C@@H](C)C(=O)N(C[C@@H]1CN(C(=O)OC(C)(C)C)C[C@H]1OS(C)(=O)=O)[C@@H](c1nc(-c2cc(F)ccc2F)cn1Cc1ccccc1)C1CCOCC1. The highest BCUT2D eigenvalue weighted by atomic mass is 32.2.